The number of carbonyl (C=O) groups excluding carboxylic acids is 1. The quantitative estimate of drug-likeness (QED) is 0.663. The van der Waals surface area contributed by atoms with E-state index in [2.05, 4.69) is 10.6 Å². The van der Waals surface area contributed by atoms with Crippen molar-refractivity contribution in [3.05, 3.63) is 23.8 Å². The SMILES string of the molecule is CCN(CC)S(=O)(=O)c1cc(C(=O)NCC(C)NC)ccc1OC.Cl. The van der Waals surface area contributed by atoms with Gasteiger partial charge < -0.3 is 15.4 Å². The van der Waals surface area contributed by atoms with Crippen LogP contribution >= 0.6 is 12.4 Å². The van der Waals surface area contributed by atoms with Crippen molar-refractivity contribution in [3.8, 4) is 5.75 Å². The second-order valence-electron chi connectivity index (χ2n) is 5.35. The third-order valence-electron chi connectivity index (χ3n) is 3.81. The van der Waals surface area contributed by atoms with Gasteiger partial charge in [-0.05, 0) is 32.2 Å². The van der Waals surface area contributed by atoms with Gasteiger partial charge in [-0.1, -0.05) is 13.8 Å². The van der Waals surface area contributed by atoms with E-state index < -0.39 is 10.0 Å². The summed E-state index contributed by atoms with van der Waals surface area (Å²) >= 11 is 0. The minimum Gasteiger partial charge on any atom is -0.495 e. The van der Waals surface area contributed by atoms with Gasteiger partial charge in [-0.3, -0.25) is 4.79 Å². The summed E-state index contributed by atoms with van der Waals surface area (Å²) in [5, 5.41) is 5.79. The van der Waals surface area contributed by atoms with E-state index in [1.54, 1.807) is 27.0 Å². The van der Waals surface area contributed by atoms with E-state index in [1.807, 2.05) is 6.92 Å². The summed E-state index contributed by atoms with van der Waals surface area (Å²) in [5.41, 5.74) is 0.282. The first-order valence-corrected chi connectivity index (χ1v) is 9.39. The number of ether oxygens (including phenoxy) is 1. The van der Waals surface area contributed by atoms with E-state index >= 15 is 0 Å². The number of rotatable bonds is 9. The van der Waals surface area contributed by atoms with Gasteiger partial charge in [0, 0.05) is 31.2 Å². The van der Waals surface area contributed by atoms with Crippen molar-refractivity contribution >= 4 is 28.3 Å². The Labute approximate surface area is 156 Å². The van der Waals surface area contributed by atoms with Gasteiger partial charge in [-0.25, -0.2) is 8.42 Å². The molecule has 0 saturated carbocycles. The van der Waals surface area contributed by atoms with Crippen LogP contribution in [0.3, 0.4) is 0 Å². The first-order chi connectivity index (χ1) is 11.3. The van der Waals surface area contributed by atoms with Crippen molar-refractivity contribution in [2.45, 2.75) is 31.7 Å². The Morgan fingerprint density at radius 1 is 1.28 bits per heavy atom. The number of hydrogen-bond acceptors (Lipinski definition) is 5. The molecule has 9 heteroatoms. The fourth-order valence-electron chi connectivity index (χ4n) is 2.17. The summed E-state index contributed by atoms with van der Waals surface area (Å²) in [4.78, 5) is 12.3. The van der Waals surface area contributed by atoms with Gasteiger partial charge in [-0.2, -0.15) is 4.31 Å². The normalized spacial score (nSPS) is 12.4. The molecule has 1 aromatic rings. The lowest BCUT2D eigenvalue weighted by Gasteiger charge is -2.20. The molecule has 0 bridgehead atoms. The van der Waals surface area contributed by atoms with Crippen LogP contribution < -0.4 is 15.4 Å². The van der Waals surface area contributed by atoms with E-state index in [0.717, 1.165) is 0 Å². The smallest absolute Gasteiger partial charge is 0.251 e. The molecule has 1 unspecified atom stereocenters. The molecule has 144 valence electrons. The Hall–Kier alpha value is -1.35. The van der Waals surface area contributed by atoms with Crippen LogP contribution in [0.1, 0.15) is 31.1 Å². The zero-order valence-electron chi connectivity index (χ0n) is 15.3. The van der Waals surface area contributed by atoms with Crippen LogP contribution in [0.5, 0.6) is 5.75 Å². The maximum absolute atomic E-state index is 12.8. The van der Waals surface area contributed by atoms with Gasteiger partial charge in [0.15, 0.2) is 0 Å². The molecule has 1 aromatic carbocycles. The monoisotopic (exact) mass is 393 g/mol. The molecule has 0 aromatic heterocycles. The molecule has 0 saturated heterocycles. The van der Waals surface area contributed by atoms with E-state index in [1.165, 1.54) is 23.5 Å². The highest BCUT2D eigenvalue weighted by Crippen LogP contribution is 2.27. The van der Waals surface area contributed by atoms with E-state index in [9.17, 15) is 13.2 Å². The zero-order valence-corrected chi connectivity index (χ0v) is 17.0. The molecule has 1 amide bonds. The lowest BCUT2D eigenvalue weighted by molar-refractivity contribution is 0.0950. The van der Waals surface area contributed by atoms with Gasteiger partial charge in [0.25, 0.3) is 5.91 Å². The Balaban J connectivity index is 0.00000576. The number of carbonyl (C=O) groups is 1. The maximum atomic E-state index is 12.8. The fraction of sp³-hybridized carbons (Fsp3) is 0.562. The summed E-state index contributed by atoms with van der Waals surface area (Å²) in [5.74, 6) is -0.0993. The number of halogens is 1. The van der Waals surface area contributed by atoms with Crippen molar-refractivity contribution < 1.29 is 17.9 Å². The largest absolute Gasteiger partial charge is 0.495 e. The van der Waals surface area contributed by atoms with Crippen LogP contribution in [-0.4, -0.2) is 58.5 Å². The molecule has 1 atom stereocenters. The number of nitrogens with zero attached hydrogens (tertiary/aromatic N) is 1. The molecule has 0 spiro atoms. The van der Waals surface area contributed by atoms with Crippen molar-refractivity contribution in [3.63, 3.8) is 0 Å². The number of methoxy groups -OCH3 is 1. The molecule has 2 N–H and O–H groups in total. The van der Waals surface area contributed by atoms with Crippen LogP contribution in [0.15, 0.2) is 23.1 Å². The van der Waals surface area contributed by atoms with Crippen LogP contribution in [0, 0.1) is 0 Å². The standard InChI is InChI=1S/C16H27N3O4S.ClH/c1-6-19(7-2)24(21,22)15-10-13(8-9-14(15)23-5)16(20)18-11-12(3)17-4;/h8-10,12,17H,6-7,11H2,1-5H3,(H,18,20);1H. The van der Waals surface area contributed by atoms with Gasteiger partial charge in [0.1, 0.15) is 10.6 Å². The van der Waals surface area contributed by atoms with E-state index in [0.29, 0.717) is 19.6 Å². The summed E-state index contributed by atoms with van der Waals surface area (Å²) < 4.78 is 32.0. The predicted octanol–water partition coefficient (Wildman–Crippen LogP) is 1.49. The lowest BCUT2D eigenvalue weighted by atomic mass is 10.2. The highest BCUT2D eigenvalue weighted by molar-refractivity contribution is 7.89. The second-order valence-corrected chi connectivity index (χ2v) is 7.26. The minimum atomic E-state index is -3.72. The zero-order chi connectivity index (χ0) is 18.3. The van der Waals surface area contributed by atoms with Crippen LogP contribution in [0.25, 0.3) is 0 Å². The number of sulfonamides is 1. The van der Waals surface area contributed by atoms with Gasteiger partial charge in [0.2, 0.25) is 10.0 Å². The number of benzene rings is 1. The molecule has 0 aliphatic carbocycles. The first-order valence-electron chi connectivity index (χ1n) is 7.95. The molecule has 0 heterocycles. The minimum absolute atomic E-state index is 0. The highest BCUT2D eigenvalue weighted by atomic mass is 35.5. The Morgan fingerprint density at radius 2 is 1.88 bits per heavy atom. The number of hydrogen-bond donors (Lipinski definition) is 2. The van der Waals surface area contributed by atoms with E-state index in [-0.39, 0.29) is 40.6 Å². The predicted molar refractivity (Wildman–Crippen MR) is 101 cm³/mol. The van der Waals surface area contributed by atoms with Gasteiger partial charge in [-0.15, -0.1) is 12.4 Å². The first kappa shape index (κ1) is 23.6. The van der Waals surface area contributed by atoms with Gasteiger partial charge >= 0.3 is 0 Å². The summed E-state index contributed by atoms with van der Waals surface area (Å²) in [6.45, 7) is 6.60. The fourth-order valence-corrected chi connectivity index (χ4v) is 3.81. The summed E-state index contributed by atoms with van der Waals surface area (Å²) in [6, 6.07) is 4.55. The molecule has 1 rings (SSSR count). The third-order valence-corrected chi connectivity index (χ3v) is 5.88. The number of likely N-dealkylation sites (N-methyl/N-ethyl adjacent to an activating group) is 1. The molecule has 0 aliphatic rings. The van der Waals surface area contributed by atoms with Crippen molar-refractivity contribution in [1.29, 1.82) is 0 Å². The second kappa shape index (κ2) is 10.6. The van der Waals surface area contributed by atoms with Gasteiger partial charge in [0.05, 0.1) is 7.11 Å². The molecule has 0 aliphatic heterocycles. The molecule has 25 heavy (non-hydrogen) atoms. The molecule has 0 fully saturated rings. The topological polar surface area (TPSA) is 87.7 Å². The highest BCUT2D eigenvalue weighted by Gasteiger charge is 2.26. The number of amides is 1. The van der Waals surface area contributed by atoms with Crippen molar-refractivity contribution in [2.75, 3.05) is 33.8 Å². The lowest BCUT2D eigenvalue weighted by Crippen LogP contribution is -2.37. The molecule has 0 radical (unpaired) electrons. The third kappa shape index (κ3) is 5.85. The molecular weight excluding hydrogens is 366 g/mol. The van der Waals surface area contributed by atoms with Crippen LogP contribution in [0.2, 0.25) is 0 Å². The average Bonchev–Trinajstić information content (AvgIpc) is 2.59. The van der Waals surface area contributed by atoms with Crippen molar-refractivity contribution in [1.82, 2.24) is 14.9 Å². The maximum Gasteiger partial charge on any atom is 0.251 e. The number of nitrogens with one attached hydrogen (secondary N) is 2. The van der Waals surface area contributed by atoms with E-state index in [4.69, 9.17) is 4.74 Å². The molecule has 7 nitrogen and oxygen atoms in total. The Morgan fingerprint density at radius 3 is 2.36 bits per heavy atom. The van der Waals surface area contributed by atoms with Crippen LogP contribution in [-0.2, 0) is 10.0 Å². The average molecular weight is 394 g/mol. The Bertz CT molecular complexity index is 663. The molecular formula is C16H28ClN3O4S. The summed E-state index contributed by atoms with van der Waals surface area (Å²) in [7, 11) is -0.508. The van der Waals surface area contributed by atoms with Crippen LogP contribution in [0.4, 0.5) is 0 Å². The van der Waals surface area contributed by atoms with Crippen molar-refractivity contribution in [2.24, 2.45) is 0 Å². The summed E-state index contributed by atoms with van der Waals surface area (Å²) in [6.07, 6.45) is 0. The Kier molecular flexibility index (Phi) is 10.0.